The Labute approximate surface area is 159 Å². The van der Waals surface area contributed by atoms with E-state index >= 15 is 0 Å². The van der Waals surface area contributed by atoms with E-state index in [2.05, 4.69) is 5.32 Å². The molecule has 0 aliphatic rings. The Kier molecular flexibility index (Phi) is 7.67. The Bertz CT molecular complexity index is 747. The fraction of sp³-hybridized carbons (Fsp3) is 0.333. The van der Waals surface area contributed by atoms with Crippen LogP contribution >= 0.6 is 0 Å². The average Bonchev–Trinajstić information content (AvgIpc) is 2.70. The zero-order valence-corrected chi connectivity index (χ0v) is 15.6. The van der Waals surface area contributed by atoms with Crippen molar-refractivity contribution < 1.29 is 24.2 Å². The lowest BCUT2D eigenvalue weighted by Gasteiger charge is -2.21. The quantitative estimate of drug-likeness (QED) is 0.697. The molecule has 6 nitrogen and oxygen atoms in total. The molecular formula is C21H25NO5. The molecule has 0 saturated carbocycles. The number of alkyl carbamates (subject to hydrolysis) is 1. The van der Waals surface area contributed by atoms with E-state index in [-0.39, 0.29) is 18.9 Å². The summed E-state index contributed by atoms with van der Waals surface area (Å²) >= 11 is 0. The SMILES string of the molecule is CCC(CC(NC(=O)OCc1ccccc1)C(=O)O)c1cccc(OC)c1. The maximum atomic E-state index is 12.0. The lowest BCUT2D eigenvalue weighted by molar-refractivity contribution is -0.139. The van der Waals surface area contributed by atoms with Gasteiger partial charge in [-0.05, 0) is 42.0 Å². The van der Waals surface area contributed by atoms with E-state index in [9.17, 15) is 14.7 Å². The molecule has 27 heavy (non-hydrogen) atoms. The molecule has 1 amide bonds. The Balaban J connectivity index is 1.98. The fourth-order valence-electron chi connectivity index (χ4n) is 2.85. The summed E-state index contributed by atoms with van der Waals surface area (Å²) in [6.45, 7) is 2.07. The van der Waals surface area contributed by atoms with E-state index in [0.717, 1.165) is 17.5 Å². The van der Waals surface area contributed by atoms with Gasteiger partial charge in [0.05, 0.1) is 7.11 Å². The molecular weight excluding hydrogens is 346 g/mol. The van der Waals surface area contributed by atoms with Gasteiger partial charge in [-0.25, -0.2) is 9.59 Å². The number of nitrogens with one attached hydrogen (secondary N) is 1. The third-order valence-electron chi connectivity index (χ3n) is 4.38. The van der Waals surface area contributed by atoms with Crippen LogP contribution in [0, 0.1) is 0 Å². The highest BCUT2D eigenvalue weighted by molar-refractivity contribution is 5.80. The number of aliphatic carboxylic acids is 1. The van der Waals surface area contributed by atoms with Gasteiger partial charge in [0, 0.05) is 0 Å². The van der Waals surface area contributed by atoms with Crippen LogP contribution in [-0.4, -0.2) is 30.3 Å². The first-order valence-electron chi connectivity index (χ1n) is 8.87. The fourth-order valence-corrected chi connectivity index (χ4v) is 2.85. The molecule has 2 atom stereocenters. The second kappa shape index (κ2) is 10.2. The van der Waals surface area contributed by atoms with Gasteiger partial charge in [0.15, 0.2) is 0 Å². The molecule has 2 aromatic rings. The van der Waals surface area contributed by atoms with Crippen LogP contribution in [0.25, 0.3) is 0 Å². The summed E-state index contributed by atoms with van der Waals surface area (Å²) in [7, 11) is 1.59. The molecule has 0 aliphatic heterocycles. The van der Waals surface area contributed by atoms with Gasteiger partial charge in [0.2, 0.25) is 0 Å². The van der Waals surface area contributed by atoms with Crippen molar-refractivity contribution >= 4 is 12.1 Å². The van der Waals surface area contributed by atoms with E-state index in [1.54, 1.807) is 7.11 Å². The van der Waals surface area contributed by atoms with Gasteiger partial charge in [-0.3, -0.25) is 0 Å². The minimum atomic E-state index is -1.09. The summed E-state index contributed by atoms with van der Waals surface area (Å²) in [5.74, 6) is -0.406. The molecule has 0 saturated heterocycles. The van der Waals surface area contributed by atoms with Crippen LogP contribution in [0.2, 0.25) is 0 Å². The number of ether oxygens (including phenoxy) is 2. The largest absolute Gasteiger partial charge is 0.497 e. The van der Waals surface area contributed by atoms with Crippen LogP contribution < -0.4 is 10.1 Å². The second-order valence-electron chi connectivity index (χ2n) is 6.21. The molecule has 0 bridgehead atoms. The highest BCUT2D eigenvalue weighted by atomic mass is 16.5. The third kappa shape index (κ3) is 6.33. The van der Waals surface area contributed by atoms with Gasteiger partial charge in [-0.15, -0.1) is 0 Å². The van der Waals surface area contributed by atoms with E-state index in [0.29, 0.717) is 5.75 Å². The number of carboxylic acid groups (broad SMARTS) is 1. The maximum absolute atomic E-state index is 12.0. The van der Waals surface area contributed by atoms with Crippen molar-refractivity contribution in [2.75, 3.05) is 7.11 Å². The van der Waals surface area contributed by atoms with Crippen molar-refractivity contribution in [3.05, 3.63) is 65.7 Å². The van der Waals surface area contributed by atoms with Crippen molar-refractivity contribution in [1.29, 1.82) is 0 Å². The smallest absolute Gasteiger partial charge is 0.408 e. The summed E-state index contributed by atoms with van der Waals surface area (Å²) in [5.41, 5.74) is 1.81. The van der Waals surface area contributed by atoms with Gasteiger partial charge in [-0.1, -0.05) is 49.4 Å². The van der Waals surface area contributed by atoms with Crippen LogP contribution in [0.5, 0.6) is 5.75 Å². The zero-order chi connectivity index (χ0) is 19.6. The summed E-state index contributed by atoms with van der Waals surface area (Å²) < 4.78 is 10.4. The van der Waals surface area contributed by atoms with E-state index in [4.69, 9.17) is 9.47 Å². The predicted molar refractivity (Wildman–Crippen MR) is 102 cm³/mol. The molecule has 2 rings (SSSR count). The van der Waals surface area contributed by atoms with Crippen LogP contribution in [0.3, 0.4) is 0 Å². The third-order valence-corrected chi connectivity index (χ3v) is 4.38. The summed E-state index contributed by atoms with van der Waals surface area (Å²) in [4.78, 5) is 23.6. The van der Waals surface area contributed by atoms with Gasteiger partial charge >= 0.3 is 12.1 Å². The zero-order valence-electron chi connectivity index (χ0n) is 15.6. The molecule has 0 radical (unpaired) electrons. The van der Waals surface area contributed by atoms with E-state index in [1.807, 2.05) is 61.5 Å². The van der Waals surface area contributed by atoms with Gasteiger partial charge in [0.1, 0.15) is 18.4 Å². The van der Waals surface area contributed by atoms with Crippen molar-refractivity contribution in [1.82, 2.24) is 5.32 Å². The first-order chi connectivity index (χ1) is 13.0. The molecule has 2 unspecified atom stereocenters. The van der Waals surface area contributed by atoms with Crippen LogP contribution in [0.1, 0.15) is 36.8 Å². The number of hydrogen-bond acceptors (Lipinski definition) is 4. The lowest BCUT2D eigenvalue weighted by Crippen LogP contribution is -2.42. The summed E-state index contributed by atoms with van der Waals surface area (Å²) in [6.07, 6.45) is 0.253. The molecule has 0 aromatic heterocycles. The monoisotopic (exact) mass is 371 g/mol. The molecule has 144 valence electrons. The lowest BCUT2D eigenvalue weighted by atomic mass is 9.90. The summed E-state index contributed by atoms with van der Waals surface area (Å²) in [5, 5.41) is 12.0. The summed E-state index contributed by atoms with van der Waals surface area (Å²) in [6, 6.07) is 15.7. The number of hydrogen-bond donors (Lipinski definition) is 2. The minimum absolute atomic E-state index is 0.0318. The van der Waals surface area contributed by atoms with E-state index in [1.165, 1.54) is 0 Å². The molecule has 0 fully saturated rings. The number of benzene rings is 2. The molecule has 0 aliphatic carbocycles. The highest BCUT2D eigenvalue weighted by Crippen LogP contribution is 2.27. The Morgan fingerprint density at radius 2 is 1.85 bits per heavy atom. The number of amides is 1. The van der Waals surface area contributed by atoms with Crippen molar-refractivity contribution in [2.45, 2.75) is 38.3 Å². The van der Waals surface area contributed by atoms with Crippen molar-refractivity contribution in [2.24, 2.45) is 0 Å². The van der Waals surface area contributed by atoms with E-state index < -0.39 is 18.1 Å². The maximum Gasteiger partial charge on any atom is 0.408 e. The van der Waals surface area contributed by atoms with Crippen LogP contribution in [-0.2, 0) is 16.1 Å². The standard InChI is InChI=1S/C21H25NO5/c1-3-16(17-10-7-11-18(12-17)26-2)13-19(20(23)24)22-21(25)27-14-15-8-5-4-6-9-15/h4-12,16,19H,3,13-14H2,1-2H3,(H,22,25)(H,23,24). The number of rotatable bonds is 9. The number of carboxylic acids is 1. The second-order valence-corrected chi connectivity index (χ2v) is 6.21. The Hall–Kier alpha value is -3.02. The highest BCUT2D eigenvalue weighted by Gasteiger charge is 2.25. The Morgan fingerprint density at radius 1 is 1.11 bits per heavy atom. The van der Waals surface area contributed by atoms with Crippen LogP contribution in [0.15, 0.2) is 54.6 Å². The number of carbonyl (C=O) groups excluding carboxylic acids is 1. The molecule has 0 heterocycles. The molecule has 2 aromatic carbocycles. The first kappa shape index (κ1) is 20.3. The predicted octanol–water partition coefficient (Wildman–Crippen LogP) is 3.96. The average molecular weight is 371 g/mol. The van der Waals surface area contributed by atoms with Gasteiger partial charge in [-0.2, -0.15) is 0 Å². The molecule has 6 heteroatoms. The van der Waals surface area contributed by atoms with Crippen molar-refractivity contribution in [3.8, 4) is 5.75 Å². The number of carbonyl (C=O) groups is 2. The minimum Gasteiger partial charge on any atom is -0.497 e. The molecule has 0 spiro atoms. The topological polar surface area (TPSA) is 84.9 Å². The molecule has 2 N–H and O–H groups in total. The van der Waals surface area contributed by atoms with Crippen molar-refractivity contribution in [3.63, 3.8) is 0 Å². The van der Waals surface area contributed by atoms with Gasteiger partial charge in [0.25, 0.3) is 0 Å². The number of methoxy groups -OCH3 is 1. The van der Waals surface area contributed by atoms with Gasteiger partial charge < -0.3 is 19.9 Å². The van der Waals surface area contributed by atoms with Crippen LogP contribution in [0.4, 0.5) is 4.79 Å². The first-order valence-corrected chi connectivity index (χ1v) is 8.87. The normalized spacial score (nSPS) is 12.7. The Morgan fingerprint density at radius 3 is 2.48 bits per heavy atom.